The number of H-pyrrole nitrogens is 1. The van der Waals surface area contributed by atoms with E-state index in [0.717, 1.165) is 27.9 Å². The molecule has 0 aliphatic rings. The maximum Gasteiger partial charge on any atom is 0.330 e. The van der Waals surface area contributed by atoms with Gasteiger partial charge in [0.1, 0.15) is 5.82 Å². The number of aromatic amines is 1. The zero-order valence-corrected chi connectivity index (χ0v) is 17.6. The molecule has 0 saturated heterocycles. The summed E-state index contributed by atoms with van der Waals surface area (Å²) >= 11 is 3.34. The van der Waals surface area contributed by atoms with Crippen LogP contribution in [0, 0.1) is 0 Å². The lowest BCUT2D eigenvalue weighted by molar-refractivity contribution is 0.0992. The molecule has 2 aromatic heterocycles. The first kappa shape index (κ1) is 20.6. The van der Waals surface area contributed by atoms with Crippen LogP contribution in [0.2, 0.25) is 0 Å². The van der Waals surface area contributed by atoms with Crippen LogP contribution < -0.4 is 21.9 Å². The molecule has 0 spiro atoms. The van der Waals surface area contributed by atoms with Crippen molar-refractivity contribution in [2.75, 3.05) is 17.7 Å². The Bertz CT molecular complexity index is 1150. The smallest absolute Gasteiger partial charge is 0.330 e. The lowest BCUT2D eigenvalue weighted by atomic mass is 10.1. The highest BCUT2D eigenvalue weighted by Gasteiger charge is 2.22. The van der Waals surface area contributed by atoms with Crippen LogP contribution in [0.3, 0.4) is 0 Å². The van der Waals surface area contributed by atoms with Crippen LogP contribution >= 0.6 is 15.9 Å². The maximum atomic E-state index is 12.9. The SMILES string of the molecule is CCCCn1c(N)c(N(C)C(=O)c2ccc(-n3cc(Br)cn3)cc2)c(=O)[nH]c1=O. The molecule has 1 aromatic carbocycles. The van der Waals surface area contributed by atoms with Crippen LogP contribution in [0.15, 0.2) is 50.7 Å². The van der Waals surface area contributed by atoms with E-state index >= 15 is 0 Å². The molecule has 3 N–H and O–H groups in total. The molecule has 0 saturated carbocycles. The molecule has 9 nitrogen and oxygen atoms in total. The van der Waals surface area contributed by atoms with E-state index in [-0.39, 0.29) is 11.5 Å². The van der Waals surface area contributed by atoms with Crippen molar-refractivity contribution in [3.8, 4) is 5.69 Å². The van der Waals surface area contributed by atoms with E-state index < -0.39 is 17.2 Å². The van der Waals surface area contributed by atoms with E-state index in [1.54, 1.807) is 41.3 Å². The quantitative estimate of drug-likeness (QED) is 0.583. The Morgan fingerprint density at radius 3 is 2.55 bits per heavy atom. The van der Waals surface area contributed by atoms with Crippen LogP contribution in [0.4, 0.5) is 11.5 Å². The Balaban J connectivity index is 1.92. The minimum absolute atomic E-state index is 0.0268. The number of halogens is 1. The summed E-state index contributed by atoms with van der Waals surface area (Å²) in [6.07, 6.45) is 5.03. The van der Waals surface area contributed by atoms with Gasteiger partial charge in [0, 0.05) is 25.4 Å². The fourth-order valence-corrected chi connectivity index (χ4v) is 3.22. The van der Waals surface area contributed by atoms with Crippen molar-refractivity contribution in [2.24, 2.45) is 0 Å². The van der Waals surface area contributed by atoms with Gasteiger partial charge in [-0.15, -0.1) is 0 Å². The molecule has 152 valence electrons. The van der Waals surface area contributed by atoms with Crippen molar-refractivity contribution in [3.05, 3.63) is 67.5 Å². The molecule has 0 bridgehead atoms. The zero-order chi connectivity index (χ0) is 21.1. The number of nitrogens with one attached hydrogen (secondary N) is 1. The number of rotatable bonds is 6. The standard InChI is InChI=1S/C19H21BrN6O3/c1-3-4-9-25-16(21)15(17(27)23-19(25)29)24(2)18(28)12-5-7-14(8-6-12)26-11-13(20)10-22-26/h5-8,10-11H,3-4,9,21H2,1-2H3,(H,23,27,29). The second kappa shape index (κ2) is 8.48. The van der Waals surface area contributed by atoms with Crippen molar-refractivity contribution in [3.63, 3.8) is 0 Å². The lowest BCUT2D eigenvalue weighted by Gasteiger charge is -2.20. The van der Waals surface area contributed by atoms with Gasteiger partial charge in [0.25, 0.3) is 11.5 Å². The van der Waals surface area contributed by atoms with Gasteiger partial charge >= 0.3 is 5.69 Å². The molecule has 10 heteroatoms. The highest BCUT2D eigenvalue weighted by atomic mass is 79.9. The zero-order valence-electron chi connectivity index (χ0n) is 16.1. The summed E-state index contributed by atoms with van der Waals surface area (Å²) in [5, 5.41) is 4.19. The number of hydrogen-bond donors (Lipinski definition) is 2. The maximum absolute atomic E-state index is 12.9. The van der Waals surface area contributed by atoms with E-state index in [1.165, 1.54) is 11.6 Å². The third-order valence-electron chi connectivity index (χ3n) is 4.52. The summed E-state index contributed by atoms with van der Waals surface area (Å²) in [4.78, 5) is 40.7. The van der Waals surface area contributed by atoms with Crippen molar-refractivity contribution in [1.82, 2.24) is 19.3 Å². The predicted molar refractivity (Wildman–Crippen MR) is 115 cm³/mol. The predicted octanol–water partition coefficient (Wildman–Crippen LogP) is 2.14. The second-order valence-electron chi connectivity index (χ2n) is 6.51. The van der Waals surface area contributed by atoms with Gasteiger partial charge in [-0.3, -0.25) is 19.1 Å². The number of nitrogens with zero attached hydrogens (tertiary/aromatic N) is 4. The Labute approximate surface area is 174 Å². The fraction of sp³-hybridized carbons (Fsp3) is 0.263. The van der Waals surface area contributed by atoms with Crippen molar-refractivity contribution in [2.45, 2.75) is 26.3 Å². The summed E-state index contributed by atoms with van der Waals surface area (Å²) in [6, 6.07) is 6.77. The van der Waals surface area contributed by atoms with E-state index in [4.69, 9.17) is 5.73 Å². The number of carbonyl (C=O) groups excluding carboxylic acids is 1. The monoisotopic (exact) mass is 460 g/mol. The molecular weight excluding hydrogens is 440 g/mol. The number of anilines is 2. The number of unbranched alkanes of at least 4 members (excludes halogenated alkanes) is 1. The summed E-state index contributed by atoms with van der Waals surface area (Å²) in [5.41, 5.74) is 5.89. The average Bonchev–Trinajstić information content (AvgIpc) is 3.13. The van der Waals surface area contributed by atoms with E-state index in [2.05, 4.69) is 26.0 Å². The summed E-state index contributed by atoms with van der Waals surface area (Å²) in [7, 11) is 1.45. The van der Waals surface area contributed by atoms with Gasteiger partial charge < -0.3 is 10.6 Å². The van der Waals surface area contributed by atoms with Crippen LogP contribution in [-0.4, -0.2) is 32.3 Å². The molecule has 0 unspecified atom stereocenters. The second-order valence-corrected chi connectivity index (χ2v) is 7.43. The van der Waals surface area contributed by atoms with Gasteiger partial charge in [0.2, 0.25) is 0 Å². The van der Waals surface area contributed by atoms with E-state index in [0.29, 0.717) is 12.1 Å². The molecule has 0 radical (unpaired) electrons. The van der Waals surface area contributed by atoms with Gasteiger partial charge in [0.05, 0.1) is 16.4 Å². The van der Waals surface area contributed by atoms with E-state index in [1.807, 2.05) is 6.92 Å². The normalized spacial score (nSPS) is 10.9. The highest BCUT2D eigenvalue weighted by Crippen LogP contribution is 2.19. The highest BCUT2D eigenvalue weighted by molar-refractivity contribution is 9.10. The number of aromatic nitrogens is 4. The van der Waals surface area contributed by atoms with Crippen LogP contribution in [0.25, 0.3) is 5.69 Å². The van der Waals surface area contributed by atoms with Crippen LogP contribution in [0.5, 0.6) is 0 Å². The Morgan fingerprint density at radius 2 is 1.97 bits per heavy atom. The molecule has 0 aliphatic heterocycles. The van der Waals surface area contributed by atoms with Crippen molar-refractivity contribution in [1.29, 1.82) is 0 Å². The molecule has 2 heterocycles. The van der Waals surface area contributed by atoms with Gasteiger partial charge in [0.15, 0.2) is 5.69 Å². The summed E-state index contributed by atoms with van der Waals surface area (Å²) < 4.78 is 3.78. The molecule has 3 rings (SSSR count). The van der Waals surface area contributed by atoms with Gasteiger partial charge in [-0.1, -0.05) is 13.3 Å². The first-order valence-corrected chi connectivity index (χ1v) is 9.84. The number of hydrogen-bond acceptors (Lipinski definition) is 5. The van der Waals surface area contributed by atoms with Crippen molar-refractivity contribution < 1.29 is 4.79 Å². The minimum Gasteiger partial charge on any atom is -0.383 e. The lowest BCUT2D eigenvalue weighted by Crippen LogP contribution is -2.39. The van der Waals surface area contributed by atoms with Crippen molar-refractivity contribution >= 4 is 33.3 Å². The molecule has 1 amide bonds. The number of benzene rings is 1. The van der Waals surface area contributed by atoms with Gasteiger partial charge in [-0.05, 0) is 46.6 Å². The largest absolute Gasteiger partial charge is 0.383 e. The fourth-order valence-electron chi connectivity index (χ4n) is 2.93. The average molecular weight is 461 g/mol. The topological polar surface area (TPSA) is 119 Å². The molecule has 3 aromatic rings. The third-order valence-corrected chi connectivity index (χ3v) is 4.93. The minimum atomic E-state index is -0.700. The number of amides is 1. The molecule has 29 heavy (non-hydrogen) atoms. The third kappa shape index (κ3) is 4.16. The first-order chi connectivity index (χ1) is 13.8. The van der Waals surface area contributed by atoms with Crippen LogP contribution in [-0.2, 0) is 6.54 Å². The summed E-state index contributed by atoms with van der Waals surface area (Å²) in [6.45, 7) is 2.34. The first-order valence-electron chi connectivity index (χ1n) is 9.04. The number of nitrogen functional groups attached to an aromatic ring is 1. The Kier molecular flexibility index (Phi) is 6.02. The molecular formula is C19H21BrN6O3. The number of carbonyl (C=O) groups is 1. The number of nitrogens with two attached hydrogens (primary N) is 1. The molecule has 0 atom stereocenters. The Morgan fingerprint density at radius 1 is 1.28 bits per heavy atom. The molecule has 0 aliphatic carbocycles. The van der Waals surface area contributed by atoms with Crippen LogP contribution in [0.1, 0.15) is 30.1 Å². The van der Waals surface area contributed by atoms with Gasteiger partial charge in [-0.25, -0.2) is 9.48 Å². The van der Waals surface area contributed by atoms with E-state index in [9.17, 15) is 14.4 Å². The Hall–Kier alpha value is -3.14. The summed E-state index contributed by atoms with van der Waals surface area (Å²) in [5.74, 6) is -0.447. The molecule has 0 fully saturated rings. The van der Waals surface area contributed by atoms with Gasteiger partial charge in [-0.2, -0.15) is 5.10 Å².